The van der Waals surface area contributed by atoms with Gasteiger partial charge >= 0.3 is 5.97 Å². The predicted octanol–water partition coefficient (Wildman–Crippen LogP) is 1.70. The van der Waals surface area contributed by atoms with E-state index in [0.717, 1.165) is 0 Å². The zero-order valence-corrected chi connectivity index (χ0v) is 13.0. The van der Waals surface area contributed by atoms with Gasteiger partial charge in [-0.2, -0.15) is 5.26 Å². The van der Waals surface area contributed by atoms with Gasteiger partial charge in [0, 0.05) is 14.2 Å². The van der Waals surface area contributed by atoms with Crippen LogP contribution in [0.15, 0.2) is 12.1 Å². The van der Waals surface area contributed by atoms with Gasteiger partial charge in [0.25, 0.3) is 0 Å². The van der Waals surface area contributed by atoms with Crippen molar-refractivity contribution in [1.29, 1.82) is 5.26 Å². The number of benzene rings is 1. The van der Waals surface area contributed by atoms with Crippen LogP contribution in [-0.4, -0.2) is 45.8 Å². The Morgan fingerprint density at radius 3 is 2.00 bits per heavy atom. The van der Waals surface area contributed by atoms with Crippen molar-refractivity contribution in [2.75, 3.05) is 28.4 Å². The molecule has 0 aliphatic carbocycles. The van der Waals surface area contributed by atoms with Gasteiger partial charge in [-0.1, -0.05) is 0 Å². The topological polar surface area (TPSA) is 98.0 Å². The molecule has 0 saturated heterocycles. The highest BCUT2D eigenvalue weighted by Gasteiger charge is 2.24. The molecule has 0 spiro atoms. The summed E-state index contributed by atoms with van der Waals surface area (Å²) in [5.41, 5.74) is 0.627. The first-order chi connectivity index (χ1) is 10.5. The standard InChI is InChI=1S/C15H19NO6/c1-19-11-6-9(5-10(8-16)15(21-3)22-4)7-12(20-2)13(11)14(17)18/h6-7,10,15H,5H2,1-4H3,(H,17,18). The van der Waals surface area contributed by atoms with Crippen LogP contribution in [0.4, 0.5) is 0 Å². The largest absolute Gasteiger partial charge is 0.496 e. The third-order valence-corrected chi connectivity index (χ3v) is 3.19. The lowest BCUT2D eigenvalue weighted by molar-refractivity contribution is -0.124. The van der Waals surface area contributed by atoms with Gasteiger partial charge in [-0.15, -0.1) is 0 Å². The molecule has 1 unspecified atom stereocenters. The molecule has 0 aliphatic heterocycles. The van der Waals surface area contributed by atoms with Crippen molar-refractivity contribution in [3.63, 3.8) is 0 Å². The first-order valence-corrected chi connectivity index (χ1v) is 6.45. The fourth-order valence-electron chi connectivity index (χ4n) is 2.18. The van der Waals surface area contributed by atoms with Crippen molar-refractivity contribution < 1.29 is 28.8 Å². The third kappa shape index (κ3) is 3.87. The minimum Gasteiger partial charge on any atom is -0.496 e. The van der Waals surface area contributed by atoms with E-state index < -0.39 is 18.2 Å². The molecule has 7 nitrogen and oxygen atoms in total. The molecule has 1 aromatic rings. The minimum atomic E-state index is -1.15. The number of hydrogen-bond donors (Lipinski definition) is 1. The van der Waals surface area contributed by atoms with Gasteiger partial charge in [0.05, 0.1) is 20.3 Å². The smallest absolute Gasteiger partial charge is 0.343 e. The Labute approximate surface area is 129 Å². The summed E-state index contributed by atoms with van der Waals surface area (Å²) >= 11 is 0. The molecule has 120 valence electrons. The number of rotatable bonds is 8. The van der Waals surface area contributed by atoms with Gasteiger partial charge in [0.1, 0.15) is 23.0 Å². The van der Waals surface area contributed by atoms with Crippen LogP contribution in [0.3, 0.4) is 0 Å². The van der Waals surface area contributed by atoms with E-state index in [1.807, 2.05) is 0 Å². The van der Waals surface area contributed by atoms with Crippen molar-refractivity contribution in [2.45, 2.75) is 12.7 Å². The van der Waals surface area contributed by atoms with E-state index >= 15 is 0 Å². The van der Waals surface area contributed by atoms with Crippen molar-refractivity contribution in [3.05, 3.63) is 23.3 Å². The molecular formula is C15H19NO6. The van der Waals surface area contributed by atoms with Gasteiger partial charge in [-0.25, -0.2) is 4.79 Å². The maximum Gasteiger partial charge on any atom is 0.343 e. The SMILES string of the molecule is COc1cc(CC(C#N)C(OC)OC)cc(OC)c1C(=O)O. The molecule has 0 radical (unpaired) electrons. The molecule has 7 heteroatoms. The summed E-state index contributed by atoms with van der Waals surface area (Å²) in [6, 6.07) is 5.25. The van der Waals surface area contributed by atoms with Gasteiger partial charge < -0.3 is 24.1 Å². The monoisotopic (exact) mass is 309 g/mol. The highest BCUT2D eigenvalue weighted by Crippen LogP contribution is 2.32. The number of carboxylic acid groups (broad SMARTS) is 1. The Bertz CT molecular complexity index is 537. The minimum absolute atomic E-state index is 0.0581. The normalized spacial score (nSPS) is 11.8. The number of ether oxygens (including phenoxy) is 4. The van der Waals surface area contributed by atoms with E-state index in [9.17, 15) is 15.2 Å². The maximum atomic E-state index is 11.3. The van der Waals surface area contributed by atoms with Crippen LogP contribution in [-0.2, 0) is 15.9 Å². The summed E-state index contributed by atoms with van der Waals surface area (Å²) in [5.74, 6) is -1.36. The average Bonchev–Trinajstić information content (AvgIpc) is 2.53. The first-order valence-electron chi connectivity index (χ1n) is 6.45. The van der Waals surface area contributed by atoms with Gasteiger partial charge in [0.2, 0.25) is 0 Å². The molecule has 1 rings (SSSR count). The lowest BCUT2D eigenvalue weighted by Gasteiger charge is -2.20. The van der Waals surface area contributed by atoms with Crippen LogP contribution in [0, 0.1) is 17.2 Å². The van der Waals surface area contributed by atoms with Crippen LogP contribution in [0.5, 0.6) is 11.5 Å². The number of nitrogens with zero attached hydrogens (tertiary/aromatic N) is 1. The highest BCUT2D eigenvalue weighted by atomic mass is 16.7. The van der Waals surface area contributed by atoms with Crippen LogP contribution in [0.1, 0.15) is 15.9 Å². The van der Waals surface area contributed by atoms with Crippen LogP contribution in [0.2, 0.25) is 0 Å². The summed E-state index contributed by atoms with van der Waals surface area (Å²) in [6.07, 6.45) is -0.378. The molecule has 0 fully saturated rings. The average molecular weight is 309 g/mol. The lowest BCUT2D eigenvalue weighted by Crippen LogP contribution is -2.25. The number of carbonyl (C=O) groups is 1. The summed E-state index contributed by atoms with van der Waals surface area (Å²) in [4.78, 5) is 11.3. The maximum absolute atomic E-state index is 11.3. The number of nitriles is 1. The fourth-order valence-corrected chi connectivity index (χ4v) is 2.18. The molecule has 0 bridgehead atoms. The van der Waals surface area contributed by atoms with Gasteiger partial charge in [-0.05, 0) is 24.1 Å². The lowest BCUT2D eigenvalue weighted by atomic mass is 9.98. The molecular weight excluding hydrogens is 290 g/mol. The molecule has 1 aromatic carbocycles. The Kier molecular flexibility index (Phi) is 6.63. The summed E-state index contributed by atoms with van der Waals surface area (Å²) in [5, 5.41) is 18.5. The van der Waals surface area contributed by atoms with Crippen LogP contribution >= 0.6 is 0 Å². The van der Waals surface area contributed by atoms with Crippen LogP contribution < -0.4 is 9.47 Å². The zero-order chi connectivity index (χ0) is 16.7. The quantitative estimate of drug-likeness (QED) is 0.730. The Balaban J connectivity index is 3.21. The number of aromatic carboxylic acids is 1. The number of methoxy groups -OCH3 is 4. The first kappa shape index (κ1) is 17.8. The fraction of sp³-hybridized carbons (Fsp3) is 0.467. The molecule has 0 aromatic heterocycles. The number of carboxylic acids is 1. The van der Waals surface area contributed by atoms with Crippen LogP contribution in [0.25, 0.3) is 0 Å². The van der Waals surface area contributed by atoms with Crippen molar-refractivity contribution >= 4 is 5.97 Å². The second kappa shape index (κ2) is 8.22. The third-order valence-electron chi connectivity index (χ3n) is 3.19. The predicted molar refractivity (Wildman–Crippen MR) is 77.1 cm³/mol. The Morgan fingerprint density at radius 2 is 1.68 bits per heavy atom. The molecule has 0 amide bonds. The van der Waals surface area contributed by atoms with Crippen molar-refractivity contribution in [1.82, 2.24) is 0 Å². The zero-order valence-electron chi connectivity index (χ0n) is 13.0. The second-order valence-corrected chi connectivity index (χ2v) is 4.46. The summed E-state index contributed by atoms with van der Waals surface area (Å²) in [6.45, 7) is 0. The second-order valence-electron chi connectivity index (χ2n) is 4.46. The van der Waals surface area contributed by atoms with E-state index in [4.69, 9.17) is 18.9 Å². The van der Waals surface area contributed by atoms with Crippen molar-refractivity contribution in [3.8, 4) is 17.6 Å². The van der Waals surface area contributed by atoms with E-state index in [1.54, 1.807) is 12.1 Å². The van der Waals surface area contributed by atoms with Gasteiger partial charge in [-0.3, -0.25) is 0 Å². The van der Waals surface area contributed by atoms with E-state index in [1.165, 1.54) is 28.4 Å². The number of hydrogen-bond acceptors (Lipinski definition) is 6. The molecule has 0 heterocycles. The molecule has 1 atom stereocenters. The van der Waals surface area contributed by atoms with Crippen molar-refractivity contribution in [2.24, 2.45) is 5.92 Å². The summed E-state index contributed by atoms with van der Waals surface area (Å²) < 4.78 is 20.4. The highest BCUT2D eigenvalue weighted by molar-refractivity contribution is 5.94. The van der Waals surface area contributed by atoms with E-state index in [-0.39, 0.29) is 17.1 Å². The van der Waals surface area contributed by atoms with E-state index in [0.29, 0.717) is 12.0 Å². The Hall–Kier alpha value is -2.30. The van der Waals surface area contributed by atoms with Gasteiger partial charge in [0.15, 0.2) is 6.29 Å². The van der Waals surface area contributed by atoms with E-state index in [2.05, 4.69) is 6.07 Å². The molecule has 0 aliphatic rings. The molecule has 1 N–H and O–H groups in total. The molecule has 0 saturated carbocycles. The molecule has 22 heavy (non-hydrogen) atoms. The summed E-state index contributed by atoms with van der Waals surface area (Å²) in [7, 11) is 5.65. The Morgan fingerprint density at radius 1 is 1.18 bits per heavy atom.